The summed E-state index contributed by atoms with van der Waals surface area (Å²) in [6.07, 6.45) is 2.77. The van der Waals surface area contributed by atoms with Crippen molar-refractivity contribution in [3.8, 4) is 0 Å². The number of carbonyl (C=O) groups is 1. The fraction of sp³-hybridized carbons (Fsp3) is 0.190. The van der Waals surface area contributed by atoms with E-state index in [0.29, 0.717) is 18.5 Å². The van der Waals surface area contributed by atoms with Crippen LogP contribution in [0.3, 0.4) is 0 Å². The number of amides is 2. The minimum Gasteiger partial charge on any atom is -0.472 e. The number of aliphatic hydroxyl groups excluding tert-OH is 1. The Morgan fingerprint density at radius 2 is 1.54 bits per heavy atom. The van der Waals surface area contributed by atoms with Gasteiger partial charge in [-0.05, 0) is 23.6 Å². The molecular formula is C21H22N2O3. The van der Waals surface area contributed by atoms with Gasteiger partial charge in [0.25, 0.3) is 0 Å². The van der Waals surface area contributed by atoms with E-state index in [0.717, 1.165) is 11.1 Å². The van der Waals surface area contributed by atoms with Gasteiger partial charge in [0.15, 0.2) is 0 Å². The molecule has 3 N–H and O–H groups in total. The average molecular weight is 350 g/mol. The molecule has 3 rings (SSSR count). The molecule has 0 saturated carbocycles. The summed E-state index contributed by atoms with van der Waals surface area (Å²) < 4.78 is 4.95. The predicted molar refractivity (Wildman–Crippen MR) is 99.5 cm³/mol. The number of furan rings is 1. The molecule has 0 spiro atoms. The molecule has 1 atom stereocenters. The first kappa shape index (κ1) is 17.8. The third kappa shape index (κ3) is 4.74. The molecule has 134 valence electrons. The quantitative estimate of drug-likeness (QED) is 0.607. The fourth-order valence-corrected chi connectivity index (χ4v) is 2.79. The molecular weight excluding hydrogens is 328 g/mol. The van der Waals surface area contributed by atoms with Gasteiger partial charge in [-0.2, -0.15) is 0 Å². The molecule has 1 heterocycles. The molecule has 2 amide bonds. The third-order valence-corrected chi connectivity index (χ3v) is 4.17. The van der Waals surface area contributed by atoms with Gasteiger partial charge >= 0.3 is 6.03 Å². The standard InChI is InChI=1S/C21H22N2O3/c24-19(18-12-14-26-15-18)11-13-22-21(25)23-20(16-7-3-1-4-8-16)17-9-5-2-6-10-17/h1-10,12,14-15,19-20,24H,11,13H2,(H2,22,23,25)/t19-/m1/s1. The van der Waals surface area contributed by atoms with Crippen molar-refractivity contribution in [1.29, 1.82) is 0 Å². The zero-order valence-corrected chi connectivity index (χ0v) is 14.3. The minimum atomic E-state index is -0.659. The van der Waals surface area contributed by atoms with Gasteiger partial charge in [-0.25, -0.2) is 4.79 Å². The summed E-state index contributed by atoms with van der Waals surface area (Å²) in [6.45, 7) is 0.356. The van der Waals surface area contributed by atoms with Crippen LogP contribution in [0, 0.1) is 0 Å². The van der Waals surface area contributed by atoms with E-state index in [2.05, 4.69) is 10.6 Å². The van der Waals surface area contributed by atoms with Crippen molar-refractivity contribution >= 4 is 6.03 Å². The SMILES string of the molecule is O=C(NCC[C@@H](O)c1ccoc1)NC(c1ccccc1)c1ccccc1. The molecule has 0 fully saturated rings. The highest BCUT2D eigenvalue weighted by atomic mass is 16.3. The zero-order valence-electron chi connectivity index (χ0n) is 14.3. The van der Waals surface area contributed by atoms with Gasteiger partial charge in [0, 0.05) is 12.1 Å². The Bertz CT molecular complexity index is 749. The molecule has 2 aromatic carbocycles. The summed E-state index contributed by atoms with van der Waals surface area (Å²) in [4.78, 5) is 12.3. The first-order valence-electron chi connectivity index (χ1n) is 8.58. The van der Waals surface area contributed by atoms with E-state index >= 15 is 0 Å². The van der Waals surface area contributed by atoms with Crippen LogP contribution >= 0.6 is 0 Å². The fourth-order valence-electron chi connectivity index (χ4n) is 2.79. The molecule has 0 aliphatic heterocycles. The van der Waals surface area contributed by atoms with Crippen LogP contribution in [0.15, 0.2) is 83.7 Å². The molecule has 1 aromatic heterocycles. The van der Waals surface area contributed by atoms with Gasteiger partial charge in [-0.3, -0.25) is 0 Å². The monoisotopic (exact) mass is 350 g/mol. The number of hydrogen-bond donors (Lipinski definition) is 3. The highest BCUT2D eigenvalue weighted by Gasteiger charge is 2.16. The number of rotatable bonds is 7. The minimum absolute atomic E-state index is 0.240. The second kappa shape index (κ2) is 8.87. The average Bonchev–Trinajstić information content (AvgIpc) is 3.22. The highest BCUT2D eigenvalue weighted by Crippen LogP contribution is 2.21. The predicted octanol–water partition coefficient (Wildman–Crippen LogP) is 3.79. The van der Waals surface area contributed by atoms with Crippen molar-refractivity contribution in [2.24, 2.45) is 0 Å². The maximum Gasteiger partial charge on any atom is 0.315 e. The Balaban J connectivity index is 1.59. The van der Waals surface area contributed by atoms with Crippen LogP contribution in [-0.4, -0.2) is 17.7 Å². The lowest BCUT2D eigenvalue weighted by Gasteiger charge is -2.20. The van der Waals surface area contributed by atoms with Gasteiger partial charge in [0.1, 0.15) is 0 Å². The first-order valence-corrected chi connectivity index (χ1v) is 8.58. The first-order chi connectivity index (χ1) is 12.7. The molecule has 0 bridgehead atoms. The summed E-state index contributed by atoms with van der Waals surface area (Å²) in [5.41, 5.74) is 2.72. The molecule has 0 radical (unpaired) electrons. The maximum absolute atomic E-state index is 12.3. The Hall–Kier alpha value is -3.05. The molecule has 0 saturated heterocycles. The Kier molecular flexibility index (Phi) is 6.06. The van der Waals surface area contributed by atoms with Gasteiger partial charge in [-0.1, -0.05) is 60.7 Å². The Labute approximate surface area is 152 Å². The number of aliphatic hydroxyl groups is 1. The lowest BCUT2D eigenvalue weighted by atomic mass is 9.99. The third-order valence-electron chi connectivity index (χ3n) is 4.17. The summed E-state index contributed by atoms with van der Waals surface area (Å²) in [5.74, 6) is 0. The highest BCUT2D eigenvalue weighted by molar-refractivity contribution is 5.75. The summed E-state index contributed by atoms with van der Waals surface area (Å²) in [6, 6.07) is 20.8. The largest absolute Gasteiger partial charge is 0.472 e. The smallest absolute Gasteiger partial charge is 0.315 e. The number of carbonyl (C=O) groups excluding carboxylic acids is 1. The summed E-state index contributed by atoms with van der Waals surface area (Å²) in [5, 5.41) is 15.8. The maximum atomic E-state index is 12.3. The lowest BCUT2D eigenvalue weighted by Crippen LogP contribution is -2.39. The van der Waals surface area contributed by atoms with Crippen LogP contribution < -0.4 is 10.6 Å². The van der Waals surface area contributed by atoms with E-state index in [9.17, 15) is 9.90 Å². The van der Waals surface area contributed by atoms with Crippen molar-refractivity contribution in [3.05, 3.63) is 95.9 Å². The summed E-state index contributed by atoms with van der Waals surface area (Å²) >= 11 is 0. The molecule has 3 aromatic rings. The Morgan fingerprint density at radius 1 is 0.923 bits per heavy atom. The molecule has 5 heteroatoms. The van der Waals surface area contributed by atoms with E-state index in [1.807, 2.05) is 60.7 Å². The normalized spacial score (nSPS) is 11.9. The van der Waals surface area contributed by atoms with E-state index in [4.69, 9.17) is 4.42 Å². The van der Waals surface area contributed by atoms with Crippen molar-refractivity contribution in [1.82, 2.24) is 10.6 Å². The van der Waals surface area contributed by atoms with Gasteiger partial charge in [-0.15, -0.1) is 0 Å². The number of nitrogens with one attached hydrogen (secondary N) is 2. The van der Waals surface area contributed by atoms with Crippen LogP contribution in [0.25, 0.3) is 0 Å². The summed E-state index contributed by atoms with van der Waals surface area (Å²) in [7, 11) is 0. The van der Waals surface area contributed by atoms with Gasteiger partial charge < -0.3 is 20.2 Å². The van der Waals surface area contributed by atoms with Crippen LogP contribution in [-0.2, 0) is 0 Å². The number of hydrogen-bond acceptors (Lipinski definition) is 3. The van der Waals surface area contributed by atoms with Crippen LogP contribution in [0.5, 0.6) is 0 Å². The molecule has 0 aliphatic rings. The van der Waals surface area contributed by atoms with Crippen LogP contribution in [0.1, 0.15) is 35.3 Å². The van der Waals surface area contributed by atoms with Crippen LogP contribution in [0.4, 0.5) is 4.79 Å². The van der Waals surface area contributed by atoms with Crippen molar-refractivity contribution < 1.29 is 14.3 Å². The van der Waals surface area contributed by atoms with Crippen molar-refractivity contribution in [3.63, 3.8) is 0 Å². The van der Waals surface area contributed by atoms with Gasteiger partial charge in [0.05, 0.1) is 24.7 Å². The van der Waals surface area contributed by atoms with E-state index < -0.39 is 6.10 Å². The van der Waals surface area contributed by atoms with E-state index in [1.54, 1.807) is 6.07 Å². The molecule has 0 unspecified atom stereocenters. The van der Waals surface area contributed by atoms with Crippen molar-refractivity contribution in [2.45, 2.75) is 18.6 Å². The second-order valence-corrected chi connectivity index (χ2v) is 6.02. The Morgan fingerprint density at radius 3 is 2.08 bits per heavy atom. The van der Waals surface area contributed by atoms with Crippen molar-refractivity contribution in [2.75, 3.05) is 6.54 Å². The number of urea groups is 1. The molecule has 0 aliphatic carbocycles. The van der Waals surface area contributed by atoms with E-state index in [1.165, 1.54) is 12.5 Å². The second-order valence-electron chi connectivity index (χ2n) is 6.02. The lowest BCUT2D eigenvalue weighted by molar-refractivity contribution is 0.166. The molecule has 5 nitrogen and oxygen atoms in total. The van der Waals surface area contributed by atoms with Gasteiger partial charge in [0.2, 0.25) is 0 Å². The van der Waals surface area contributed by atoms with E-state index in [-0.39, 0.29) is 12.1 Å². The molecule has 26 heavy (non-hydrogen) atoms. The van der Waals surface area contributed by atoms with Crippen LogP contribution in [0.2, 0.25) is 0 Å². The topological polar surface area (TPSA) is 74.5 Å². The number of benzene rings is 2. The zero-order chi connectivity index (χ0) is 18.2.